The summed E-state index contributed by atoms with van der Waals surface area (Å²) >= 11 is 2.02. The van der Waals surface area contributed by atoms with Gasteiger partial charge in [-0.15, -0.1) is 0 Å². The van der Waals surface area contributed by atoms with Gasteiger partial charge in [0.15, 0.2) is 11.5 Å². The monoisotopic (exact) mass is 724 g/mol. The Bertz CT molecular complexity index is 1330. The van der Waals surface area contributed by atoms with Gasteiger partial charge in [-0.1, -0.05) is 13.3 Å². The predicted octanol–water partition coefficient (Wildman–Crippen LogP) is 3.31. The average Bonchev–Trinajstić information content (AvgIpc) is 3.04. The quantitative estimate of drug-likeness (QED) is 0.176. The fourth-order valence-electron chi connectivity index (χ4n) is 5.10. The van der Waals surface area contributed by atoms with Crippen molar-refractivity contribution >= 4 is 40.7 Å². The van der Waals surface area contributed by atoms with E-state index in [0.29, 0.717) is 51.1 Å². The molecule has 240 valence electrons. The number of carbonyl (C=O) groups excluding carboxylic acids is 3. The lowest BCUT2D eigenvalue weighted by Gasteiger charge is -2.41. The number of nitrogens with zero attached hydrogens (tertiary/aromatic N) is 1. The Labute approximate surface area is 271 Å². The molecule has 2 aromatic carbocycles. The van der Waals surface area contributed by atoms with Gasteiger partial charge in [-0.25, -0.2) is 0 Å². The fraction of sp³-hybridized carbons (Fsp3) is 0.469. The van der Waals surface area contributed by atoms with Crippen molar-refractivity contribution in [1.82, 2.24) is 10.2 Å². The molecule has 2 aromatic rings. The summed E-state index contributed by atoms with van der Waals surface area (Å²) in [7, 11) is 4.59. The molecule has 0 radical (unpaired) electrons. The zero-order chi connectivity index (χ0) is 32.2. The summed E-state index contributed by atoms with van der Waals surface area (Å²) < 4.78 is 23.3. The second-order valence-corrected chi connectivity index (χ2v) is 11.4. The number of aliphatic hydroxyl groups excluding tert-OH is 2. The summed E-state index contributed by atoms with van der Waals surface area (Å²) in [6.45, 7) is 2.03. The highest BCUT2D eigenvalue weighted by Crippen LogP contribution is 2.37. The van der Waals surface area contributed by atoms with Crippen LogP contribution >= 0.6 is 22.6 Å². The summed E-state index contributed by atoms with van der Waals surface area (Å²) in [5.41, 5.74) is 1.52. The second kappa shape index (κ2) is 17.2. The Kier molecular flexibility index (Phi) is 13.7. The molecule has 2 amide bonds. The molecular weight excluding hydrogens is 683 g/mol. The summed E-state index contributed by atoms with van der Waals surface area (Å²) in [5, 5.41) is 23.7. The van der Waals surface area contributed by atoms with Gasteiger partial charge in [-0.2, -0.15) is 0 Å². The Morgan fingerprint density at radius 2 is 1.86 bits per heavy atom. The Hall–Kier alpha value is -3.36. The van der Waals surface area contributed by atoms with E-state index in [9.17, 15) is 24.6 Å². The SMILES string of the molecule is CCCCC(=O)N(CCc1cc(OC)ccc1OC)[C@@H]1CC(C(=O)NCCO)=C[C@H](Oc2c(I)cc(C=O)cc2OC)[C@H]1O. The number of amides is 2. The molecule has 3 atom stereocenters. The number of ether oxygens (including phenoxy) is 4. The Morgan fingerprint density at radius 1 is 1.11 bits per heavy atom. The van der Waals surface area contributed by atoms with E-state index in [1.165, 1.54) is 19.3 Å². The van der Waals surface area contributed by atoms with Crippen LogP contribution in [-0.2, 0) is 16.0 Å². The highest BCUT2D eigenvalue weighted by Gasteiger charge is 2.40. The number of carbonyl (C=O) groups is 3. The average molecular weight is 725 g/mol. The van der Waals surface area contributed by atoms with Crippen LogP contribution in [0.15, 0.2) is 42.0 Å². The van der Waals surface area contributed by atoms with Crippen molar-refractivity contribution in [2.75, 3.05) is 41.0 Å². The van der Waals surface area contributed by atoms with Gasteiger partial charge < -0.3 is 39.4 Å². The molecule has 0 heterocycles. The van der Waals surface area contributed by atoms with Crippen molar-refractivity contribution in [3.8, 4) is 23.0 Å². The largest absolute Gasteiger partial charge is 0.497 e. The van der Waals surface area contributed by atoms with Crippen LogP contribution in [0.4, 0.5) is 0 Å². The van der Waals surface area contributed by atoms with Crippen LogP contribution in [0.25, 0.3) is 0 Å². The van der Waals surface area contributed by atoms with E-state index in [0.717, 1.165) is 12.0 Å². The summed E-state index contributed by atoms with van der Waals surface area (Å²) in [6.07, 6.45) is 2.21. The van der Waals surface area contributed by atoms with E-state index in [1.807, 2.05) is 35.6 Å². The predicted molar refractivity (Wildman–Crippen MR) is 173 cm³/mol. The second-order valence-electron chi connectivity index (χ2n) is 10.3. The van der Waals surface area contributed by atoms with E-state index >= 15 is 0 Å². The molecule has 0 saturated carbocycles. The molecule has 44 heavy (non-hydrogen) atoms. The molecule has 3 N–H and O–H groups in total. The van der Waals surface area contributed by atoms with Gasteiger partial charge in [-0.3, -0.25) is 14.4 Å². The minimum Gasteiger partial charge on any atom is -0.497 e. The van der Waals surface area contributed by atoms with E-state index in [1.54, 1.807) is 37.3 Å². The summed E-state index contributed by atoms with van der Waals surface area (Å²) in [5.74, 6) is 1.27. The number of methoxy groups -OCH3 is 3. The lowest BCUT2D eigenvalue weighted by Crippen LogP contribution is -2.55. The normalized spacial score (nSPS) is 17.7. The number of hydrogen-bond acceptors (Lipinski definition) is 9. The van der Waals surface area contributed by atoms with Gasteiger partial charge in [-0.05, 0) is 77.4 Å². The Balaban J connectivity index is 2.03. The molecule has 11 nitrogen and oxygen atoms in total. The molecule has 0 saturated heterocycles. The number of nitrogens with one attached hydrogen (secondary N) is 1. The molecule has 0 unspecified atom stereocenters. The van der Waals surface area contributed by atoms with Crippen LogP contribution in [0, 0.1) is 3.57 Å². The molecule has 12 heteroatoms. The third-order valence-electron chi connectivity index (χ3n) is 7.43. The maximum absolute atomic E-state index is 13.7. The molecule has 0 aromatic heterocycles. The molecule has 0 spiro atoms. The Morgan fingerprint density at radius 3 is 2.50 bits per heavy atom. The van der Waals surface area contributed by atoms with Crippen molar-refractivity contribution in [3.63, 3.8) is 0 Å². The van der Waals surface area contributed by atoms with Crippen molar-refractivity contribution in [3.05, 3.63) is 56.7 Å². The number of unbranched alkanes of at least 4 members (excludes halogenated alkanes) is 1. The highest BCUT2D eigenvalue weighted by atomic mass is 127. The van der Waals surface area contributed by atoms with Gasteiger partial charge in [0.2, 0.25) is 11.8 Å². The zero-order valence-corrected chi connectivity index (χ0v) is 27.7. The first-order chi connectivity index (χ1) is 21.2. The van der Waals surface area contributed by atoms with Crippen molar-refractivity contribution in [2.24, 2.45) is 0 Å². The number of hydrogen-bond donors (Lipinski definition) is 3. The molecule has 0 bridgehead atoms. The van der Waals surface area contributed by atoms with E-state index in [-0.39, 0.29) is 44.2 Å². The standard InChI is InChI=1S/C32H41IN2O9/c1-5-6-7-29(38)35(12-10-21-16-23(41-2)8-9-26(21)42-3)25-17-22(32(40)34-11-13-36)18-27(30(25)39)44-31-24(33)14-20(19-37)15-28(31)43-4/h8-9,14-16,18-19,25,27,30,36,39H,5-7,10-13,17H2,1-4H3,(H,34,40)/t25-,27+,30+/m1/s1. The molecule has 1 aliphatic rings. The fourth-order valence-corrected chi connectivity index (χ4v) is 5.86. The number of aldehydes is 1. The van der Waals surface area contributed by atoms with Crippen LogP contribution < -0.4 is 24.3 Å². The maximum Gasteiger partial charge on any atom is 0.247 e. The first-order valence-electron chi connectivity index (χ1n) is 14.5. The van der Waals surface area contributed by atoms with Crippen LogP contribution in [-0.4, -0.2) is 92.5 Å². The van der Waals surface area contributed by atoms with Gasteiger partial charge in [0.25, 0.3) is 0 Å². The lowest BCUT2D eigenvalue weighted by atomic mass is 9.87. The van der Waals surface area contributed by atoms with Gasteiger partial charge in [0.05, 0.1) is 37.5 Å². The maximum atomic E-state index is 13.7. The van der Waals surface area contributed by atoms with Gasteiger partial charge in [0.1, 0.15) is 30.0 Å². The minimum absolute atomic E-state index is 0.0442. The van der Waals surface area contributed by atoms with Crippen LogP contribution in [0.3, 0.4) is 0 Å². The number of aliphatic hydroxyl groups is 2. The van der Waals surface area contributed by atoms with Crippen molar-refractivity contribution in [2.45, 2.75) is 57.3 Å². The topological polar surface area (TPSA) is 144 Å². The first-order valence-corrected chi connectivity index (χ1v) is 15.6. The smallest absolute Gasteiger partial charge is 0.247 e. The van der Waals surface area contributed by atoms with E-state index < -0.39 is 24.2 Å². The lowest BCUT2D eigenvalue weighted by molar-refractivity contribution is -0.138. The van der Waals surface area contributed by atoms with Crippen LogP contribution in [0.5, 0.6) is 23.0 Å². The number of benzene rings is 2. The van der Waals surface area contributed by atoms with Gasteiger partial charge >= 0.3 is 0 Å². The van der Waals surface area contributed by atoms with Gasteiger partial charge in [0, 0.05) is 37.1 Å². The molecule has 1 aliphatic carbocycles. The van der Waals surface area contributed by atoms with E-state index in [2.05, 4.69) is 5.32 Å². The van der Waals surface area contributed by atoms with Crippen LogP contribution in [0.2, 0.25) is 0 Å². The third kappa shape index (κ3) is 8.85. The minimum atomic E-state index is -1.21. The molecule has 3 rings (SSSR count). The summed E-state index contributed by atoms with van der Waals surface area (Å²) in [4.78, 5) is 39.9. The van der Waals surface area contributed by atoms with Crippen molar-refractivity contribution < 1.29 is 43.5 Å². The van der Waals surface area contributed by atoms with Crippen LogP contribution in [0.1, 0.15) is 48.5 Å². The van der Waals surface area contributed by atoms with E-state index in [4.69, 9.17) is 18.9 Å². The number of rotatable bonds is 16. The molecule has 0 fully saturated rings. The first kappa shape index (κ1) is 35.1. The summed E-state index contributed by atoms with van der Waals surface area (Å²) in [6, 6.07) is 7.78. The highest BCUT2D eigenvalue weighted by molar-refractivity contribution is 14.1. The van der Waals surface area contributed by atoms with Crippen molar-refractivity contribution in [1.29, 1.82) is 0 Å². The molecule has 0 aliphatic heterocycles. The third-order valence-corrected chi connectivity index (χ3v) is 8.23. The number of halogens is 1. The molecular formula is C32H41IN2O9. The zero-order valence-electron chi connectivity index (χ0n) is 25.5.